The molecule has 2 atom stereocenters. The van der Waals surface area contributed by atoms with Gasteiger partial charge in [0.15, 0.2) is 19.7 Å². The van der Waals surface area contributed by atoms with Gasteiger partial charge < -0.3 is 5.32 Å². The van der Waals surface area contributed by atoms with Gasteiger partial charge in [0.25, 0.3) is 0 Å². The second-order valence-electron chi connectivity index (χ2n) is 5.03. The minimum absolute atomic E-state index is 0.107. The molecule has 1 aliphatic heterocycles. The Bertz CT molecular complexity index is 653. The predicted octanol–water partition coefficient (Wildman–Crippen LogP) is 0.626. The molecule has 1 N–H and O–H groups in total. The summed E-state index contributed by atoms with van der Waals surface area (Å²) in [5.74, 6) is -0.407. The Labute approximate surface area is 120 Å². The molecule has 5 nitrogen and oxygen atoms in total. The molecule has 2 rings (SSSR count). The lowest BCUT2D eigenvalue weighted by Crippen LogP contribution is -2.43. The lowest BCUT2D eigenvalue weighted by atomic mass is 10.2. The van der Waals surface area contributed by atoms with Gasteiger partial charge in [-0.15, -0.1) is 0 Å². The fourth-order valence-electron chi connectivity index (χ4n) is 2.43. The van der Waals surface area contributed by atoms with Crippen molar-refractivity contribution in [3.8, 4) is 0 Å². The van der Waals surface area contributed by atoms with Crippen molar-refractivity contribution in [1.29, 1.82) is 0 Å². The molecule has 1 aromatic carbocycles. The summed E-state index contributed by atoms with van der Waals surface area (Å²) < 4.78 is 48.8. The van der Waals surface area contributed by atoms with Gasteiger partial charge in [-0.2, -0.15) is 0 Å². The average Bonchev–Trinajstić information content (AvgIpc) is 2.73. The third-order valence-electron chi connectivity index (χ3n) is 3.43. The zero-order valence-electron chi connectivity index (χ0n) is 11.3. The van der Waals surface area contributed by atoms with E-state index < -0.39 is 31.0 Å². The number of hydrogen-bond acceptors (Lipinski definition) is 5. The van der Waals surface area contributed by atoms with Crippen LogP contribution in [0.1, 0.15) is 13.3 Å². The summed E-state index contributed by atoms with van der Waals surface area (Å²) in [5, 5.41) is 2.15. The third-order valence-corrected chi connectivity index (χ3v) is 7.59. The van der Waals surface area contributed by atoms with E-state index in [0.29, 0.717) is 6.54 Å². The standard InChI is InChI=1S/C13H19NO4S2/c1-2-8-14-12-9-19(15,16)10-13(12)20(17,18)11-6-4-3-5-7-11/h3-7,12-14H,2,8-10H2,1H3/t12-,13-/m0/s1. The molecule has 1 aliphatic rings. The van der Waals surface area contributed by atoms with Crippen LogP contribution in [0.4, 0.5) is 0 Å². The minimum Gasteiger partial charge on any atom is -0.312 e. The average molecular weight is 317 g/mol. The van der Waals surface area contributed by atoms with Crippen molar-refractivity contribution in [2.45, 2.75) is 29.5 Å². The minimum atomic E-state index is -3.63. The summed E-state index contributed by atoms with van der Waals surface area (Å²) in [5.41, 5.74) is 0. The SMILES string of the molecule is CCCN[C@H]1CS(=O)(=O)C[C@@H]1S(=O)(=O)c1ccccc1. The summed E-state index contributed by atoms with van der Waals surface area (Å²) in [7, 11) is -6.94. The smallest absolute Gasteiger partial charge is 0.183 e. The van der Waals surface area contributed by atoms with Crippen molar-refractivity contribution in [2.24, 2.45) is 0 Å². The molecule has 20 heavy (non-hydrogen) atoms. The molecule has 1 saturated heterocycles. The van der Waals surface area contributed by atoms with Crippen LogP contribution in [-0.2, 0) is 19.7 Å². The van der Waals surface area contributed by atoms with Crippen molar-refractivity contribution in [3.05, 3.63) is 30.3 Å². The molecule has 112 valence electrons. The number of benzene rings is 1. The van der Waals surface area contributed by atoms with Crippen LogP contribution in [0.5, 0.6) is 0 Å². The molecule has 0 aliphatic carbocycles. The van der Waals surface area contributed by atoms with Gasteiger partial charge in [-0.05, 0) is 25.1 Å². The van der Waals surface area contributed by atoms with E-state index in [-0.39, 0.29) is 16.4 Å². The molecule has 1 heterocycles. The van der Waals surface area contributed by atoms with E-state index in [1.165, 1.54) is 12.1 Å². The molecule has 0 saturated carbocycles. The van der Waals surface area contributed by atoms with Gasteiger partial charge in [-0.1, -0.05) is 25.1 Å². The molecule has 0 unspecified atom stereocenters. The van der Waals surface area contributed by atoms with E-state index >= 15 is 0 Å². The first-order valence-electron chi connectivity index (χ1n) is 6.59. The van der Waals surface area contributed by atoms with Crippen LogP contribution >= 0.6 is 0 Å². The highest BCUT2D eigenvalue weighted by Crippen LogP contribution is 2.25. The van der Waals surface area contributed by atoms with Crippen molar-refractivity contribution >= 4 is 19.7 Å². The van der Waals surface area contributed by atoms with Gasteiger partial charge in [-0.25, -0.2) is 16.8 Å². The Morgan fingerprint density at radius 2 is 1.85 bits per heavy atom. The van der Waals surface area contributed by atoms with Gasteiger partial charge in [0.05, 0.1) is 21.7 Å². The van der Waals surface area contributed by atoms with E-state index in [9.17, 15) is 16.8 Å². The van der Waals surface area contributed by atoms with Gasteiger partial charge in [0, 0.05) is 6.04 Å². The highest BCUT2D eigenvalue weighted by atomic mass is 32.2. The molecule has 1 fully saturated rings. The van der Waals surface area contributed by atoms with Crippen molar-refractivity contribution < 1.29 is 16.8 Å². The summed E-state index contributed by atoms with van der Waals surface area (Å²) in [4.78, 5) is 0.186. The number of rotatable bonds is 5. The van der Waals surface area contributed by atoms with Crippen LogP contribution in [0.15, 0.2) is 35.2 Å². The normalized spacial score (nSPS) is 25.6. The van der Waals surface area contributed by atoms with E-state index in [4.69, 9.17) is 0 Å². The highest BCUT2D eigenvalue weighted by molar-refractivity contribution is 7.96. The second kappa shape index (κ2) is 5.83. The Balaban J connectivity index is 2.33. The zero-order valence-corrected chi connectivity index (χ0v) is 13.0. The number of sulfone groups is 2. The molecular formula is C13H19NO4S2. The lowest BCUT2D eigenvalue weighted by Gasteiger charge is -2.19. The molecule has 0 spiro atoms. The summed E-state index contributed by atoms with van der Waals surface area (Å²) in [6.07, 6.45) is 0.828. The largest absolute Gasteiger partial charge is 0.312 e. The molecule has 0 radical (unpaired) electrons. The van der Waals surface area contributed by atoms with Gasteiger partial charge in [-0.3, -0.25) is 0 Å². The molecule has 7 heteroatoms. The molecule has 0 bridgehead atoms. The maximum Gasteiger partial charge on any atom is 0.183 e. The second-order valence-corrected chi connectivity index (χ2v) is 9.35. The van der Waals surface area contributed by atoms with Crippen LogP contribution in [0.2, 0.25) is 0 Å². The summed E-state index contributed by atoms with van der Waals surface area (Å²) in [6, 6.07) is 7.52. The maximum atomic E-state index is 12.6. The Morgan fingerprint density at radius 1 is 1.20 bits per heavy atom. The molecule has 0 amide bonds. The van der Waals surface area contributed by atoms with Crippen LogP contribution in [0.3, 0.4) is 0 Å². The zero-order chi connectivity index (χ0) is 14.8. The Morgan fingerprint density at radius 3 is 2.45 bits per heavy atom. The fourth-order valence-corrected chi connectivity index (χ4v) is 7.16. The van der Waals surface area contributed by atoms with Gasteiger partial charge >= 0.3 is 0 Å². The van der Waals surface area contributed by atoms with Crippen molar-refractivity contribution in [1.82, 2.24) is 5.32 Å². The number of hydrogen-bond donors (Lipinski definition) is 1. The van der Waals surface area contributed by atoms with E-state index in [1.807, 2.05) is 6.92 Å². The molecule has 0 aromatic heterocycles. The first-order chi connectivity index (χ1) is 9.37. The summed E-state index contributed by atoms with van der Waals surface area (Å²) >= 11 is 0. The van der Waals surface area contributed by atoms with Crippen LogP contribution in [-0.4, -0.2) is 46.2 Å². The maximum absolute atomic E-state index is 12.6. The number of nitrogens with one attached hydrogen (secondary N) is 1. The quantitative estimate of drug-likeness (QED) is 0.861. The van der Waals surface area contributed by atoms with Crippen LogP contribution in [0, 0.1) is 0 Å². The first kappa shape index (κ1) is 15.5. The van der Waals surface area contributed by atoms with Crippen molar-refractivity contribution in [3.63, 3.8) is 0 Å². The molecule has 1 aromatic rings. The summed E-state index contributed by atoms with van der Waals surface area (Å²) in [6.45, 7) is 2.57. The Hall–Kier alpha value is -0.920. The van der Waals surface area contributed by atoms with E-state index in [2.05, 4.69) is 5.32 Å². The predicted molar refractivity (Wildman–Crippen MR) is 78.2 cm³/mol. The molecular weight excluding hydrogens is 298 g/mol. The lowest BCUT2D eigenvalue weighted by molar-refractivity contribution is 0.525. The Kier molecular flexibility index (Phi) is 4.51. The third kappa shape index (κ3) is 3.21. The van der Waals surface area contributed by atoms with Crippen LogP contribution in [0.25, 0.3) is 0 Å². The van der Waals surface area contributed by atoms with Crippen molar-refractivity contribution in [2.75, 3.05) is 18.1 Å². The first-order valence-corrected chi connectivity index (χ1v) is 9.96. The van der Waals surface area contributed by atoms with E-state index in [1.54, 1.807) is 18.2 Å². The topological polar surface area (TPSA) is 80.3 Å². The van der Waals surface area contributed by atoms with E-state index in [0.717, 1.165) is 6.42 Å². The van der Waals surface area contributed by atoms with Crippen LogP contribution < -0.4 is 5.32 Å². The van der Waals surface area contributed by atoms with Gasteiger partial charge in [0.2, 0.25) is 0 Å². The highest BCUT2D eigenvalue weighted by Gasteiger charge is 2.45. The monoisotopic (exact) mass is 317 g/mol. The van der Waals surface area contributed by atoms with Gasteiger partial charge in [0.1, 0.15) is 0 Å². The fraction of sp³-hybridized carbons (Fsp3) is 0.538.